The van der Waals surface area contributed by atoms with Crippen LogP contribution in [0.15, 0.2) is 29.4 Å². The molecule has 1 heterocycles. The molecule has 1 aliphatic rings. The number of nitro groups is 1. The third-order valence-corrected chi connectivity index (χ3v) is 3.45. The summed E-state index contributed by atoms with van der Waals surface area (Å²) in [5.74, 6) is 0.258. The summed E-state index contributed by atoms with van der Waals surface area (Å²) < 4.78 is 5.39. The number of ether oxygens (including phenoxy) is 1. The van der Waals surface area contributed by atoms with Gasteiger partial charge in [0.1, 0.15) is 18.6 Å². The lowest BCUT2D eigenvalue weighted by molar-refractivity contribution is -0.486. The fraction of sp³-hybridized carbons (Fsp3) is 0.417. The van der Waals surface area contributed by atoms with Crippen molar-refractivity contribution in [1.82, 2.24) is 9.80 Å². The minimum Gasteiger partial charge on any atom is -0.341 e. The standard InChI is InChI=1S/C12H15ClN4O3/c1-9(10-5-3-4-6-11(10)13)16-8-20-7-15(2)12(16)14-17(18)19/h3-6,9H,7-8H2,1-2H3. The molecule has 0 spiro atoms. The van der Waals surface area contributed by atoms with E-state index < -0.39 is 5.03 Å². The summed E-state index contributed by atoms with van der Waals surface area (Å²) >= 11 is 6.17. The molecule has 0 radical (unpaired) electrons. The fourth-order valence-corrected chi connectivity index (χ4v) is 2.38. The van der Waals surface area contributed by atoms with E-state index >= 15 is 0 Å². The number of guanidine groups is 1. The normalized spacial score (nSPS) is 19.2. The Morgan fingerprint density at radius 3 is 2.80 bits per heavy atom. The van der Waals surface area contributed by atoms with Crippen LogP contribution in [0.2, 0.25) is 5.02 Å². The van der Waals surface area contributed by atoms with Crippen molar-refractivity contribution in [2.45, 2.75) is 13.0 Å². The molecule has 0 N–H and O–H groups in total. The summed E-state index contributed by atoms with van der Waals surface area (Å²) in [6, 6.07) is 7.18. The average Bonchev–Trinajstić information content (AvgIpc) is 2.40. The van der Waals surface area contributed by atoms with E-state index in [1.165, 1.54) is 0 Å². The lowest BCUT2D eigenvalue weighted by Gasteiger charge is -2.38. The predicted molar refractivity (Wildman–Crippen MR) is 74.7 cm³/mol. The highest BCUT2D eigenvalue weighted by Gasteiger charge is 2.30. The van der Waals surface area contributed by atoms with Crippen LogP contribution in [-0.2, 0) is 4.74 Å². The first kappa shape index (κ1) is 14.5. The molecule has 1 saturated heterocycles. The topological polar surface area (TPSA) is 71.2 Å². The van der Waals surface area contributed by atoms with Crippen molar-refractivity contribution in [3.05, 3.63) is 45.0 Å². The molecule has 0 aromatic heterocycles. The maximum absolute atomic E-state index is 10.7. The highest BCUT2D eigenvalue weighted by Crippen LogP contribution is 2.28. The summed E-state index contributed by atoms with van der Waals surface area (Å²) in [5, 5.41) is 14.0. The van der Waals surface area contributed by atoms with Crippen molar-refractivity contribution in [2.75, 3.05) is 20.5 Å². The molecule has 0 aliphatic carbocycles. The molecule has 108 valence electrons. The van der Waals surface area contributed by atoms with Crippen LogP contribution in [0.4, 0.5) is 0 Å². The zero-order valence-corrected chi connectivity index (χ0v) is 11.9. The number of rotatable bonds is 3. The van der Waals surface area contributed by atoms with Crippen LogP contribution in [0.3, 0.4) is 0 Å². The van der Waals surface area contributed by atoms with Gasteiger partial charge in [0, 0.05) is 12.1 Å². The Morgan fingerprint density at radius 2 is 2.15 bits per heavy atom. The molecule has 1 atom stereocenters. The molecule has 7 nitrogen and oxygen atoms in total. The van der Waals surface area contributed by atoms with Gasteiger partial charge in [-0.25, -0.2) is 10.1 Å². The lowest BCUT2D eigenvalue weighted by atomic mass is 10.1. The van der Waals surface area contributed by atoms with Crippen LogP contribution >= 0.6 is 11.6 Å². The third-order valence-electron chi connectivity index (χ3n) is 3.11. The molecule has 2 rings (SSSR count). The number of hydrazone groups is 1. The van der Waals surface area contributed by atoms with Gasteiger partial charge in [-0.2, -0.15) is 0 Å². The second-order valence-corrected chi connectivity index (χ2v) is 4.87. The maximum Gasteiger partial charge on any atom is 0.277 e. The molecule has 1 aromatic carbocycles. The minimum absolute atomic E-state index is 0.190. The van der Waals surface area contributed by atoms with Gasteiger partial charge in [0.05, 0.1) is 6.04 Å². The van der Waals surface area contributed by atoms with Gasteiger partial charge in [0.15, 0.2) is 5.03 Å². The van der Waals surface area contributed by atoms with E-state index in [0.717, 1.165) is 5.56 Å². The van der Waals surface area contributed by atoms with E-state index in [4.69, 9.17) is 16.3 Å². The average molecular weight is 299 g/mol. The minimum atomic E-state index is -0.705. The van der Waals surface area contributed by atoms with Crippen LogP contribution in [0, 0.1) is 10.1 Å². The van der Waals surface area contributed by atoms with E-state index in [0.29, 0.717) is 5.02 Å². The van der Waals surface area contributed by atoms with Crippen LogP contribution < -0.4 is 0 Å². The van der Waals surface area contributed by atoms with Crippen molar-refractivity contribution < 1.29 is 9.77 Å². The molecule has 20 heavy (non-hydrogen) atoms. The summed E-state index contributed by atoms with van der Waals surface area (Å²) in [5.41, 5.74) is 0.865. The predicted octanol–water partition coefficient (Wildman–Crippen LogP) is 2.13. The highest BCUT2D eigenvalue weighted by atomic mass is 35.5. The Kier molecular flexibility index (Phi) is 4.41. The Labute approximate surface area is 121 Å². The monoisotopic (exact) mass is 298 g/mol. The van der Waals surface area contributed by atoms with Gasteiger partial charge in [-0.05, 0) is 18.6 Å². The van der Waals surface area contributed by atoms with Crippen molar-refractivity contribution >= 4 is 17.6 Å². The lowest BCUT2D eigenvalue weighted by Crippen LogP contribution is -2.50. The van der Waals surface area contributed by atoms with E-state index in [2.05, 4.69) is 5.10 Å². The molecule has 1 fully saturated rings. The van der Waals surface area contributed by atoms with Crippen LogP contribution in [0.1, 0.15) is 18.5 Å². The zero-order valence-electron chi connectivity index (χ0n) is 11.2. The van der Waals surface area contributed by atoms with E-state index in [1.807, 2.05) is 25.1 Å². The number of halogens is 1. The summed E-state index contributed by atoms with van der Waals surface area (Å²) in [4.78, 5) is 14.0. The SMILES string of the molecule is CC(c1ccccc1Cl)N1COCN(C)C1=N[N+](=O)[O-]. The molecule has 1 unspecified atom stereocenters. The van der Waals surface area contributed by atoms with Crippen molar-refractivity contribution in [1.29, 1.82) is 0 Å². The first-order valence-electron chi connectivity index (χ1n) is 6.03. The Balaban J connectivity index is 2.33. The van der Waals surface area contributed by atoms with Gasteiger partial charge >= 0.3 is 0 Å². The molecule has 0 saturated carbocycles. The summed E-state index contributed by atoms with van der Waals surface area (Å²) in [6.45, 7) is 2.39. The van der Waals surface area contributed by atoms with Crippen LogP contribution in [0.5, 0.6) is 0 Å². The Hall–Kier alpha value is -1.86. The summed E-state index contributed by atoms with van der Waals surface area (Å²) in [7, 11) is 1.69. The molecular weight excluding hydrogens is 284 g/mol. The largest absolute Gasteiger partial charge is 0.341 e. The quantitative estimate of drug-likeness (QED) is 0.631. The van der Waals surface area contributed by atoms with Gasteiger partial charge in [0.25, 0.3) is 5.96 Å². The van der Waals surface area contributed by atoms with Crippen molar-refractivity contribution in [3.8, 4) is 0 Å². The first-order valence-corrected chi connectivity index (χ1v) is 6.41. The number of hydrogen-bond donors (Lipinski definition) is 0. The van der Waals surface area contributed by atoms with Gasteiger partial charge in [-0.1, -0.05) is 29.8 Å². The first-order chi connectivity index (χ1) is 9.50. The van der Waals surface area contributed by atoms with Crippen LogP contribution in [-0.4, -0.2) is 41.3 Å². The van der Waals surface area contributed by atoms with Gasteiger partial charge in [0.2, 0.25) is 0 Å². The molecular formula is C12H15ClN4O3. The molecule has 0 amide bonds. The summed E-state index contributed by atoms with van der Waals surface area (Å²) in [6.07, 6.45) is 0. The Bertz CT molecular complexity index is 537. The maximum atomic E-state index is 10.7. The molecule has 1 aliphatic heterocycles. The molecule has 1 aromatic rings. The Morgan fingerprint density at radius 1 is 1.45 bits per heavy atom. The smallest absolute Gasteiger partial charge is 0.277 e. The highest BCUT2D eigenvalue weighted by molar-refractivity contribution is 6.31. The van der Waals surface area contributed by atoms with E-state index in [-0.39, 0.29) is 25.5 Å². The number of benzene rings is 1. The van der Waals surface area contributed by atoms with Gasteiger partial charge < -0.3 is 14.5 Å². The number of hydrogen-bond acceptors (Lipinski definition) is 3. The second kappa shape index (κ2) is 6.06. The molecule has 0 bridgehead atoms. The zero-order chi connectivity index (χ0) is 14.7. The van der Waals surface area contributed by atoms with Gasteiger partial charge in [-0.15, -0.1) is 0 Å². The molecule has 8 heteroatoms. The van der Waals surface area contributed by atoms with E-state index in [9.17, 15) is 10.1 Å². The van der Waals surface area contributed by atoms with E-state index in [1.54, 1.807) is 22.9 Å². The van der Waals surface area contributed by atoms with Crippen molar-refractivity contribution in [2.24, 2.45) is 5.10 Å². The van der Waals surface area contributed by atoms with Gasteiger partial charge in [-0.3, -0.25) is 0 Å². The number of nitrogens with zero attached hydrogens (tertiary/aromatic N) is 4. The fourth-order valence-electron chi connectivity index (χ4n) is 2.08. The third kappa shape index (κ3) is 3.00. The van der Waals surface area contributed by atoms with Crippen LogP contribution in [0.25, 0.3) is 0 Å². The second-order valence-electron chi connectivity index (χ2n) is 4.47. The van der Waals surface area contributed by atoms with Crippen molar-refractivity contribution in [3.63, 3.8) is 0 Å².